The van der Waals surface area contributed by atoms with Crippen molar-refractivity contribution in [1.29, 1.82) is 0 Å². The van der Waals surface area contributed by atoms with Crippen molar-refractivity contribution in [2.24, 2.45) is 5.73 Å². The normalized spacial score (nSPS) is 14.9. The molecule has 2 atom stereocenters. The fourth-order valence-corrected chi connectivity index (χ4v) is 2.77. The molecule has 0 saturated heterocycles. The molecular formula is C12H13NO2S. The van der Waals surface area contributed by atoms with Crippen LogP contribution in [0, 0.1) is 0 Å². The number of carbonyl (C=O) groups excluding carboxylic acids is 1. The molecule has 3 N–H and O–H groups in total. The quantitative estimate of drug-likeness (QED) is 0.852. The molecule has 4 heteroatoms. The Hall–Kier alpha value is -1.39. The number of rotatable bonds is 3. The van der Waals surface area contributed by atoms with Gasteiger partial charge in [0, 0.05) is 15.5 Å². The molecule has 0 saturated carbocycles. The number of hydrogen-bond acceptors (Lipinski definition) is 3. The van der Waals surface area contributed by atoms with Crippen LogP contribution in [0.15, 0.2) is 30.3 Å². The van der Waals surface area contributed by atoms with E-state index in [1.807, 2.05) is 30.3 Å². The first-order valence-corrected chi connectivity index (χ1v) is 5.87. The summed E-state index contributed by atoms with van der Waals surface area (Å²) in [7, 11) is 0. The summed E-state index contributed by atoms with van der Waals surface area (Å²) < 4.78 is 1.15. The van der Waals surface area contributed by atoms with Crippen LogP contribution in [0.2, 0.25) is 0 Å². The summed E-state index contributed by atoms with van der Waals surface area (Å²) in [4.78, 5) is 11.9. The van der Waals surface area contributed by atoms with Crippen molar-refractivity contribution in [3.05, 3.63) is 35.2 Å². The number of carbonyl (C=O) groups is 1. The van der Waals surface area contributed by atoms with E-state index in [1.165, 1.54) is 0 Å². The molecule has 0 aliphatic rings. The molecule has 0 spiro atoms. The standard InChI is InChI=1S/C12H13NO2S/c1-7(11(14)12(13)15)10-6-8-4-2-3-5-9(8)16-10/h2-7,11,14H,1H3,(H2,13,15). The number of primary amides is 1. The number of aliphatic hydroxyl groups is 1. The second kappa shape index (κ2) is 4.23. The highest BCUT2D eigenvalue weighted by atomic mass is 32.1. The second-order valence-electron chi connectivity index (χ2n) is 3.82. The molecule has 0 aliphatic carbocycles. The lowest BCUT2D eigenvalue weighted by Crippen LogP contribution is -2.32. The fourth-order valence-electron chi connectivity index (χ4n) is 1.63. The predicted octanol–water partition coefficient (Wildman–Crippen LogP) is 1.85. The van der Waals surface area contributed by atoms with E-state index in [-0.39, 0.29) is 5.92 Å². The van der Waals surface area contributed by atoms with Crippen molar-refractivity contribution in [2.45, 2.75) is 18.9 Å². The van der Waals surface area contributed by atoms with Gasteiger partial charge in [-0.2, -0.15) is 0 Å². The second-order valence-corrected chi connectivity index (χ2v) is 4.94. The molecule has 2 aromatic rings. The maximum Gasteiger partial charge on any atom is 0.246 e. The zero-order valence-corrected chi connectivity index (χ0v) is 9.70. The van der Waals surface area contributed by atoms with E-state index in [0.29, 0.717) is 0 Å². The first kappa shape index (κ1) is 11.1. The van der Waals surface area contributed by atoms with E-state index in [2.05, 4.69) is 0 Å². The Bertz CT molecular complexity index is 487. The Balaban J connectivity index is 2.36. The summed E-state index contributed by atoms with van der Waals surface area (Å²) in [5.74, 6) is -0.931. The lowest BCUT2D eigenvalue weighted by atomic mass is 10.0. The number of thiophene rings is 1. The van der Waals surface area contributed by atoms with Crippen LogP contribution in [0.1, 0.15) is 17.7 Å². The molecular weight excluding hydrogens is 222 g/mol. The molecule has 1 amide bonds. The Morgan fingerprint density at radius 2 is 2.12 bits per heavy atom. The lowest BCUT2D eigenvalue weighted by Gasteiger charge is -2.13. The molecule has 0 fully saturated rings. The summed E-state index contributed by atoms with van der Waals surface area (Å²) in [5.41, 5.74) is 5.08. The van der Waals surface area contributed by atoms with E-state index in [1.54, 1.807) is 18.3 Å². The minimum Gasteiger partial charge on any atom is -0.383 e. The minimum atomic E-state index is -1.12. The van der Waals surface area contributed by atoms with Gasteiger partial charge in [0.1, 0.15) is 6.10 Å². The first-order chi connectivity index (χ1) is 7.59. The Kier molecular flexibility index (Phi) is 2.94. The van der Waals surface area contributed by atoms with Gasteiger partial charge in [-0.1, -0.05) is 25.1 Å². The Morgan fingerprint density at radius 3 is 2.75 bits per heavy atom. The van der Waals surface area contributed by atoms with Crippen LogP contribution in [-0.4, -0.2) is 17.1 Å². The molecule has 3 nitrogen and oxygen atoms in total. The molecule has 1 aromatic carbocycles. The number of hydrogen-bond donors (Lipinski definition) is 2. The molecule has 1 heterocycles. The zero-order chi connectivity index (χ0) is 11.7. The van der Waals surface area contributed by atoms with Crippen LogP contribution in [0.3, 0.4) is 0 Å². The third-order valence-electron chi connectivity index (χ3n) is 2.66. The van der Waals surface area contributed by atoms with Gasteiger partial charge in [0.15, 0.2) is 0 Å². The Labute approximate surface area is 97.5 Å². The van der Waals surface area contributed by atoms with Crippen molar-refractivity contribution in [2.75, 3.05) is 0 Å². The third-order valence-corrected chi connectivity index (χ3v) is 3.98. The maximum absolute atomic E-state index is 10.9. The highest BCUT2D eigenvalue weighted by molar-refractivity contribution is 7.19. The number of benzene rings is 1. The van der Waals surface area contributed by atoms with Gasteiger partial charge < -0.3 is 10.8 Å². The highest BCUT2D eigenvalue weighted by Crippen LogP contribution is 2.32. The van der Waals surface area contributed by atoms with E-state index in [4.69, 9.17) is 5.73 Å². The Morgan fingerprint density at radius 1 is 1.44 bits per heavy atom. The van der Waals surface area contributed by atoms with E-state index < -0.39 is 12.0 Å². The summed E-state index contributed by atoms with van der Waals surface area (Å²) in [6.07, 6.45) is -1.12. The van der Waals surface area contributed by atoms with Gasteiger partial charge in [-0.15, -0.1) is 11.3 Å². The number of amides is 1. The fraction of sp³-hybridized carbons (Fsp3) is 0.250. The van der Waals surface area contributed by atoms with Gasteiger partial charge in [0.25, 0.3) is 0 Å². The third kappa shape index (κ3) is 1.94. The van der Waals surface area contributed by atoms with Gasteiger partial charge in [0.2, 0.25) is 5.91 Å². The average molecular weight is 235 g/mol. The van der Waals surface area contributed by atoms with Gasteiger partial charge in [-0.05, 0) is 17.5 Å². The van der Waals surface area contributed by atoms with Crippen LogP contribution in [0.25, 0.3) is 10.1 Å². The van der Waals surface area contributed by atoms with Gasteiger partial charge >= 0.3 is 0 Å². The van der Waals surface area contributed by atoms with Crippen molar-refractivity contribution in [3.63, 3.8) is 0 Å². The molecule has 1 aromatic heterocycles. The average Bonchev–Trinajstić information content (AvgIpc) is 2.70. The maximum atomic E-state index is 10.9. The number of nitrogens with two attached hydrogens (primary N) is 1. The lowest BCUT2D eigenvalue weighted by molar-refractivity contribution is -0.126. The summed E-state index contributed by atoms with van der Waals surface area (Å²) in [5, 5.41) is 10.7. The SMILES string of the molecule is CC(c1cc2ccccc2s1)C(O)C(N)=O. The summed E-state index contributed by atoms with van der Waals surface area (Å²) in [6.45, 7) is 1.81. The van der Waals surface area contributed by atoms with E-state index in [9.17, 15) is 9.90 Å². The highest BCUT2D eigenvalue weighted by Gasteiger charge is 2.22. The summed E-state index contributed by atoms with van der Waals surface area (Å²) >= 11 is 1.58. The first-order valence-electron chi connectivity index (χ1n) is 5.05. The molecule has 2 rings (SSSR count). The summed E-state index contributed by atoms with van der Waals surface area (Å²) in [6, 6.07) is 9.97. The molecule has 0 bridgehead atoms. The van der Waals surface area contributed by atoms with Gasteiger partial charge in [0.05, 0.1) is 0 Å². The van der Waals surface area contributed by atoms with Crippen molar-refractivity contribution in [1.82, 2.24) is 0 Å². The monoisotopic (exact) mass is 235 g/mol. The van der Waals surface area contributed by atoms with Crippen molar-refractivity contribution in [3.8, 4) is 0 Å². The smallest absolute Gasteiger partial charge is 0.246 e. The molecule has 0 aliphatic heterocycles. The zero-order valence-electron chi connectivity index (χ0n) is 8.88. The number of aliphatic hydroxyl groups excluding tert-OH is 1. The molecule has 2 unspecified atom stereocenters. The van der Waals surface area contributed by atoms with Crippen molar-refractivity contribution < 1.29 is 9.90 Å². The van der Waals surface area contributed by atoms with Crippen LogP contribution in [0.4, 0.5) is 0 Å². The topological polar surface area (TPSA) is 63.3 Å². The van der Waals surface area contributed by atoms with Crippen molar-refractivity contribution >= 4 is 27.3 Å². The van der Waals surface area contributed by atoms with Crippen LogP contribution in [0.5, 0.6) is 0 Å². The van der Waals surface area contributed by atoms with Crippen LogP contribution >= 0.6 is 11.3 Å². The van der Waals surface area contributed by atoms with E-state index >= 15 is 0 Å². The van der Waals surface area contributed by atoms with Crippen LogP contribution < -0.4 is 5.73 Å². The van der Waals surface area contributed by atoms with Gasteiger partial charge in [-0.25, -0.2) is 0 Å². The van der Waals surface area contributed by atoms with Gasteiger partial charge in [-0.3, -0.25) is 4.79 Å². The van der Waals surface area contributed by atoms with Crippen LogP contribution in [-0.2, 0) is 4.79 Å². The largest absolute Gasteiger partial charge is 0.383 e. The minimum absolute atomic E-state index is 0.255. The molecule has 0 radical (unpaired) electrons. The van der Waals surface area contributed by atoms with E-state index in [0.717, 1.165) is 15.0 Å². The molecule has 16 heavy (non-hydrogen) atoms. The predicted molar refractivity (Wildman–Crippen MR) is 65.4 cm³/mol. The number of fused-ring (bicyclic) bond motifs is 1. The molecule has 84 valence electrons.